The number of hydrogen-bond acceptors (Lipinski definition) is 6. The quantitative estimate of drug-likeness (QED) is 0.370. The Kier molecular flexibility index (Phi) is 9.47. The molecule has 1 rings (SSSR count). The van der Waals surface area contributed by atoms with E-state index in [9.17, 15) is 24.0 Å². The minimum absolute atomic E-state index is 0.280. The molecule has 4 N–H and O–H groups in total. The molecule has 3 atom stereocenters. The SMILES string of the molecule is COc1ccc(C(=O)NC(C(=O)N[C@@H](C)C(=O)N[C@H](C=O)CC(=O)O)C(C)C)cc1. The van der Waals surface area contributed by atoms with E-state index in [0.29, 0.717) is 17.6 Å². The average Bonchev–Trinajstić information content (AvgIpc) is 2.70. The lowest BCUT2D eigenvalue weighted by molar-refractivity contribution is -0.139. The van der Waals surface area contributed by atoms with Gasteiger partial charge in [0.15, 0.2) is 0 Å². The van der Waals surface area contributed by atoms with Crippen LogP contribution in [-0.4, -0.2) is 60.3 Å². The van der Waals surface area contributed by atoms with Crippen molar-refractivity contribution in [3.05, 3.63) is 29.8 Å². The van der Waals surface area contributed by atoms with Crippen LogP contribution in [0.2, 0.25) is 0 Å². The highest BCUT2D eigenvalue weighted by Gasteiger charge is 2.28. The van der Waals surface area contributed by atoms with E-state index in [1.54, 1.807) is 38.1 Å². The number of amides is 3. The Balaban J connectivity index is 2.75. The van der Waals surface area contributed by atoms with Crippen LogP contribution < -0.4 is 20.7 Å². The van der Waals surface area contributed by atoms with Crippen LogP contribution in [0.15, 0.2) is 24.3 Å². The van der Waals surface area contributed by atoms with Gasteiger partial charge >= 0.3 is 5.97 Å². The zero-order valence-electron chi connectivity index (χ0n) is 17.3. The number of rotatable bonds is 11. The van der Waals surface area contributed by atoms with E-state index in [4.69, 9.17) is 9.84 Å². The van der Waals surface area contributed by atoms with Gasteiger partial charge in [-0.3, -0.25) is 19.2 Å². The van der Waals surface area contributed by atoms with Gasteiger partial charge in [0.05, 0.1) is 19.6 Å². The standard InChI is InChI=1S/C20H27N3O7/c1-11(2)17(23-19(28)13-5-7-15(30-4)8-6-13)20(29)21-12(3)18(27)22-14(10-24)9-16(25)26/h5-8,10-12,14,17H,9H2,1-4H3,(H,21,29)(H,22,27)(H,23,28)(H,25,26)/t12-,14-,17?/m0/s1. The first kappa shape index (κ1) is 24.6. The first-order valence-electron chi connectivity index (χ1n) is 9.31. The molecule has 0 saturated heterocycles. The summed E-state index contributed by atoms with van der Waals surface area (Å²) in [5.74, 6) is -2.71. The molecule has 0 aliphatic rings. The van der Waals surface area contributed by atoms with Crippen molar-refractivity contribution in [3.8, 4) is 5.75 Å². The molecule has 0 aliphatic carbocycles. The van der Waals surface area contributed by atoms with Crippen molar-refractivity contribution in [3.63, 3.8) is 0 Å². The van der Waals surface area contributed by atoms with Gasteiger partial charge in [-0.05, 0) is 37.1 Å². The van der Waals surface area contributed by atoms with Crippen LogP contribution in [0.3, 0.4) is 0 Å². The molecule has 0 spiro atoms. The molecule has 164 valence electrons. The summed E-state index contributed by atoms with van der Waals surface area (Å²) in [5, 5.41) is 16.1. The zero-order valence-corrected chi connectivity index (χ0v) is 17.3. The van der Waals surface area contributed by atoms with Gasteiger partial charge in [-0.15, -0.1) is 0 Å². The second kappa shape index (κ2) is 11.5. The molecular formula is C20H27N3O7. The second-order valence-electron chi connectivity index (χ2n) is 7.00. The van der Waals surface area contributed by atoms with Gasteiger partial charge in [0.25, 0.3) is 5.91 Å². The number of aliphatic carboxylic acids is 1. The minimum Gasteiger partial charge on any atom is -0.497 e. The molecule has 1 unspecified atom stereocenters. The maximum absolute atomic E-state index is 12.6. The number of aldehydes is 1. The maximum Gasteiger partial charge on any atom is 0.305 e. The summed E-state index contributed by atoms with van der Waals surface area (Å²) in [7, 11) is 1.50. The summed E-state index contributed by atoms with van der Waals surface area (Å²) in [5.41, 5.74) is 0.336. The molecule has 3 amide bonds. The largest absolute Gasteiger partial charge is 0.497 e. The number of carboxylic acids is 1. The zero-order chi connectivity index (χ0) is 22.8. The van der Waals surface area contributed by atoms with Gasteiger partial charge < -0.3 is 30.6 Å². The predicted molar refractivity (Wildman–Crippen MR) is 107 cm³/mol. The van der Waals surface area contributed by atoms with E-state index in [1.165, 1.54) is 14.0 Å². The van der Waals surface area contributed by atoms with Crippen LogP contribution in [0, 0.1) is 5.92 Å². The number of nitrogens with one attached hydrogen (secondary N) is 3. The van der Waals surface area contributed by atoms with Crippen molar-refractivity contribution in [1.82, 2.24) is 16.0 Å². The number of carbonyl (C=O) groups excluding carboxylic acids is 4. The second-order valence-corrected chi connectivity index (χ2v) is 7.00. The average molecular weight is 421 g/mol. The van der Waals surface area contributed by atoms with Crippen LogP contribution in [-0.2, 0) is 19.2 Å². The van der Waals surface area contributed by atoms with Crippen molar-refractivity contribution >= 4 is 30.0 Å². The molecule has 0 aliphatic heterocycles. The Labute approximate surface area is 174 Å². The predicted octanol–water partition coefficient (Wildman–Crippen LogP) is 0.113. The summed E-state index contributed by atoms with van der Waals surface area (Å²) >= 11 is 0. The number of hydrogen-bond donors (Lipinski definition) is 4. The topological polar surface area (TPSA) is 151 Å². The van der Waals surface area contributed by atoms with Crippen molar-refractivity contribution in [2.75, 3.05) is 7.11 Å². The molecule has 10 heteroatoms. The van der Waals surface area contributed by atoms with Crippen molar-refractivity contribution in [2.45, 2.75) is 45.3 Å². The normalized spacial score (nSPS) is 13.5. The number of ether oxygens (including phenoxy) is 1. The molecular weight excluding hydrogens is 394 g/mol. The minimum atomic E-state index is -1.25. The Morgan fingerprint density at radius 1 is 1.00 bits per heavy atom. The van der Waals surface area contributed by atoms with E-state index in [-0.39, 0.29) is 5.92 Å². The van der Waals surface area contributed by atoms with Crippen LogP contribution in [0.1, 0.15) is 37.6 Å². The molecule has 30 heavy (non-hydrogen) atoms. The van der Waals surface area contributed by atoms with E-state index in [2.05, 4.69) is 16.0 Å². The van der Waals surface area contributed by atoms with Crippen LogP contribution >= 0.6 is 0 Å². The highest BCUT2D eigenvalue weighted by molar-refractivity contribution is 5.98. The van der Waals surface area contributed by atoms with E-state index in [1.807, 2.05) is 0 Å². The van der Waals surface area contributed by atoms with Crippen molar-refractivity contribution < 1.29 is 33.8 Å². The molecule has 0 radical (unpaired) electrons. The third kappa shape index (κ3) is 7.53. The van der Waals surface area contributed by atoms with Crippen LogP contribution in [0.4, 0.5) is 0 Å². The van der Waals surface area contributed by atoms with Crippen molar-refractivity contribution in [1.29, 1.82) is 0 Å². The van der Waals surface area contributed by atoms with Gasteiger partial charge in [-0.25, -0.2) is 0 Å². The summed E-state index contributed by atoms with van der Waals surface area (Å²) in [6.07, 6.45) is -0.255. The van der Waals surface area contributed by atoms with Gasteiger partial charge in [0.1, 0.15) is 24.1 Å². The fraction of sp³-hybridized carbons (Fsp3) is 0.450. The van der Waals surface area contributed by atoms with Gasteiger partial charge in [0.2, 0.25) is 11.8 Å². The number of carboxylic acid groups (broad SMARTS) is 1. The fourth-order valence-corrected chi connectivity index (χ4v) is 2.50. The maximum atomic E-state index is 12.6. The molecule has 1 aromatic rings. The molecule has 0 aromatic heterocycles. The summed E-state index contributed by atoms with van der Waals surface area (Å²) in [6, 6.07) is 3.18. The molecule has 1 aromatic carbocycles. The molecule has 10 nitrogen and oxygen atoms in total. The molecule has 0 bridgehead atoms. The number of carbonyl (C=O) groups is 5. The third-order valence-electron chi connectivity index (χ3n) is 4.23. The van der Waals surface area contributed by atoms with E-state index < -0.39 is 48.2 Å². The first-order valence-corrected chi connectivity index (χ1v) is 9.31. The lowest BCUT2D eigenvalue weighted by Crippen LogP contribution is -2.55. The smallest absolute Gasteiger partial charge is 0.305 e. The van der Waals surface area contributed by atoms with Crippen LogP contribution in [0.25, 0.3) is 0 Å². The third-order valence-corrected chi connectivity index (χ3v) is 4.23. The Morgan fingerprint density at radius 2 is 1.60 bits per heavy atom. The molecule has 0 saturated carbocycles. The van der Waals surface area contributed by atoms with Gasteiger partial charge in [0, 0.05) is 5.56 Å². The van der Waals surface area contributed by atoms with Crippen molar-refractivity contribution in [2.24, 2.45) is 5.92 Å². The summed E-state index contributed by atoms with van der Waals surface area (Å²) in [4.78, 5) is 58.8. The fourth-order valence-electron chi connectivity index (χ4n) is 2.50. The monoisotopic (exact) mass is 421 g/mol. The molecule has 0 fully saturated rings. The highest BCUT2D eigenvalue weighted by Crippen LogP contribution is 2.12. The summed E-state index contributed by atoms with van der Waals surface area (Å²) in [6.45, 7) is 4.86. The number of methoxy groups -OCH3 is 1. The lowest BCUT2D eigenvalue weighted by Gasteiger charge is -2.24. The van der Waals surface area contributed by atoms with E-state index in [0.717, 1.165) is 0 Å². The van der Waals surface area contributed by atoms with Gasteiger partial charge in [-0.2, -0.15) is 0 Å². The Morgan fingerprint density at radius 3 is 2.07 bits per heavy atom. The Bertz CT molecular complexity index is 777. The Hall–Kier alpha value is -3.43. The highest BCUT2D eigenvalue weighted by atomic mass is 16.5. The first-order chi connectivity index (χ1) is 14.1. The van der Waals surface area contributed by atoms with Crippen LogP contribution in [0.5, 0.6) is 5.75 Å². The lowest BCUT2D eigenvalue weighted by atomic mass is 10.0. The van der Waals surface area contributed by atoms with Gasteiger partial charge in [-0.1, -0.05) is 13.8 Å². The number of benzene rings is 1. The summed E-state index contributed by atoms with van der Waals surface area (Å²) < 4.78 is 5.04. The van der Waals surface area contributed by atoms with E-state index >= 15 is 0 Å². The molecule has 0 heterocycles.